The summed E-state index contributed by atoms with van der Waals surface area (Å²) < 4.78 is 18.0. The van der Waals surface area contributed by atoms with Crippen LogP contribution >= 0.6 is 39.1 Å². The summed E-state index contributed by atoms with van der Waals surface area (Å²) in [5, 5.41) is 4.79. The van der Waals surface area contributed by atoms with Gasteiger partial charge in [-0.25, -0.2) is 4.79 Å². The van der Waals surface area contributed by atoms with Crippen LogP contribution < -0.4 is 14.8 Å². The van der Waals surface area contributed by atoms with E-state index in [0.29, 0.717) is 39.6 Å². The molecule has 0 unspecified atom stereocenters. The van der Waals surface area contributed by atoms with E-state index in [-0.39, 0.29) is 24.5 Å². The molecule has 3 atom stereocenters. The van der Waals surface area contributed by atoms with E-state index in [0.717, 1.165) is 33.3 Å². The molecule has 3 aromatic rings. The molecule has 0 saturated carbocycles. The second-order valence-electron chi connectivity index (χ2n) is 9.02. The number of carbonyl (C=O) groups is 1. The minimum atomic E-state index is -0.325. The zero-order chi connectivity index (χ0) is 26.1. The van der Waals surface area contributed by atoms with Crippen molar-refractivity contribution in [3.05, 3.63) is 97.5 Å². The van der Waals surface area contributed by atoms with Crippen LogP contribution in [0.15, 0.2) is 65.2 Å². The van der Waals surface area contributed by atoms with Gasteiger partial charge >= 0.3 is 5.97 Å². The lowest BCUT2D eigenvalue weighted by Gasteiger charge is -2.38. The van der Waals surface area contributed by atoms with Gasteiger partial charge in [0.05, 0.1) is 35.5 Å². The highest BCUT2D eigenvalue weighted by Crippen LogP contribution is 2.52. The van der Waals surface area contributed by atoms with E-state index >= 15 is 0 Å². The van der Waals surface area contributed by atoms with E-state index < -0.39 is 0 Å². The van der Waals surface area contributed by atoms with Gasteiger partial charge in [-0.3, -0.25) is 0 Å². The molecule has 1 N–H and O–H groups in total. The molecule has 0 amide bonds. The van der Waals surface area contributed by atoms with Gasteiger partial charge in [0.25, 0.3) is 0 Å². The van der Waals surface area contributed by atoms with E-state index in [9.17, 15) is 4.79 Å². The van der Waals surface area contributed by atoms with Gasteiger partial charge in [-0.15, -0.1) is 0 Å². The summed E-state index contributed by atoms with van der Waals surface area (Å²) in [6.07, 6.45) is 5.39. The molecule has 0 saturated heterocycles. The molecule has 0 fully saturated rings. The molecule has 8 heteroatoms. The highest BCUT2D eigenvalue weighted by Gasteiger charge is 2.40. The van der Waals surface area contributed by atoms with E-state index in [1.165, 1.54) is 0 Å². The van der Waals surface area contributed by atoms with Gasteiger partial charge in [-0.1, -0.05) is 53.6 Å². The molecule has 3 aromatic carbocycles. The van der Waals surface area contributed by atoms with Crippen molar-refractivity contribution in [2.24, 2.45) is 5.92 Å². The van der Waals surface area contributed by atoms with Crippen LogP contribution in [0.25, 0.3) is 0 Å². The van der Waals surface area contributed by atoms with E-state index in [2.05, 4.69) is 39.5 Å². The Morgan fingerprint density at radius 1 is 1.16 bits per heavy atom. The molecule has 1 aliphatic heterocycles. The Balaban J connectivity index is 1.48. The van der Waals surface area contributed by atoms with Crippen LogP contribution in [0.4, 0.5) is 5.69 Å². The van der Waals surface area contributed by atoms with Gasteiger partial charge < -0.3 is 19.5 Å². The standard InChI is InChI=1S/C29H26BrCl2NO4/c1-3-36-29(34)22-9-5-8-21-19-6-4-7-20(19)26(33-27(21)22)17-12-23(30)28(25(13-17)35-2)37-15-16-10-11-18(31)14-24(16)32/h4-6,8-14,19-20,26,33H,3,7,15H2,1-2H3/t19-,20+,26+/m1/s1. The molecule has 1 heterocycles. The number of hydrogen-bond acceptors (Lipinski definition) is 5. The third kappa shape index (κ3) is 5.07. The normalized spacial score (nSPS) is 19.5. The van der Waals surface area contributed by atoms with Crippen molar-refractivity contribution in [3.63, 3.8) is 0 Å². The van der Waals surface area contributed by atoms with Crippen molar-refractivity contribution in [2.75, 3.05) is 19.0 Å². The predicted molar refractivity (Wildman–Crippen MR) is 150 cm³/mol. The average molecular weight is 603 g/mol. The van der Waals surface area contributed by atoms with Gasteiger partial charge in [-0.2, -0.15) is 0 Å². The summed E-state index contributed by atoms with van der Waals surface area (Å²) in [4.78, 5) is 12.7. The number of esters is 1. The number of rotatable bonds is 7. The van der Waals surface area contributed by atoms with Gasteiger partial charge in [0.2, 0.25) is 0 Å². The fourth-order valence-corrected chi connectivity index (χ4v) is 6.22. The number of halogens is 3. The van der Waals surface area contributed by atoms with Crippen molar-refractivity contribution < 1.29 is 19.0 Å². The highest BCUT2D eigenvalue weighted by molar-refractivity contribution is 9.10. The maximum Gasteiger partial charge on any atom is 0.340 e. The molecular weight excluding hydrogens is 577 g/mol. The molecule has 0 bridgehead atoms. The minimum Gasteiger partial charge on any atom is -0.493 e. The van der Waals surface area contributed by atoms with Crippen LogP contribution in [-0.4, -0.2) is 19.7 Å². The van der Waals surface area contributed by atoms with E-state index in [1.807, 2.05) is 37.3 Å². The lowest BCUT2D eigenvalue weighted by molar-refractivity contribution is 0.0527. The third-order valence-corrected chi connectivity index (χ3v) is 8.07. The summed E-state index contributed by atoms with van der Waals surface area (Å²) in [7, 11) is 1.62. The molecule has 0 spiro atoms. The van der Waals surface area contributed by atoms with Crippen LogP contribution in [-0.2, 0) is 11.3 Å². The predicted octanol–water partition coefficient (Wildman–Crippen LogP) is 8.35. The number of allylic oxidation sites excluding steroid dienone is 2. The van der Waals surface area contributed by atoms with Gasteiger partial charge in [0.15, 0.2) is 11.5 Å². The van der Waals surface area contributed by atoms with Crippen molar-refractivity contribution in [1.82, 2.24) is 0 Å². The molecule has 5 rings (SSSR count). The smallest absolute Gasteiger partial charge is 0.340 e. The number of benzene rings is 3. The first-order valence-corrected chi connectivity index (χ1v) is 13.6. The average Bonchev–Trinajstić information content (AvgIpc) is 3.38. The molecule has 1 aliphatic carbocycles. The SMILES string of the molecule is CCOC(=O)c1cccc2c1N[C@@H](c1cc(Br)c(OCc3ccc(Cl)cc3Cl)c(OC)c1)[C@H]1CC=C[C@@H]21. The largest absolute Gasteiger partial charge is 0.493 e. The molecule has 0 aromatic heterocycles. The van der Waals surface area contributed by atoms with Crippen LogP contribution in [0, 0.1) is 5.92 Å². The lowest BCUT2D eigenvalue weighted by Crippen LogP contribution is -2.30. The zero-order valence-corrected chi connectivity index (χ0v) is 23.5. The van der Waals surface area contributed by atoms with Crippen molar-refractivity contribution in [2.45, 2.75) is 31.9 Å². The summed E-state index contributed by atoms with van der Waals surface area (Å²) >= 11 is 16.0. The number of carbonyl (C=O) groups excluding carboxylic acids is 1. The number of fused-ring (bicyclic) bond motifs is 3. The lowest BCUT2D eigenvalue weighted by atomic mass is 9.76. The monoisotopic (exact) mass is 601 g/mol. The maximum atomic E-state index is 12.7. The molecule has 37 heavy (non-hydrogen) atoms. The quantitative estimate of drug-likeness (QED) is 0.217. The first-order chi connectivity index (χ1) is 17.9. The first-order valence-electron chi connectivity index (χ1n) is 12.1. The highest BCUT2D eigenvalue weighted by atomic mass is 79.9. The van der Waals surface area contributed by atoms with Gasteiger partial charge in [0, 0.05) is 21.5 Å². The van der Waals surface area contributed by atoms with Crippen molar-refractivity contribution >= 4 is 50.8 Å². The second-order valence-corrected chi connectivity index (χ2v) is 10.7. The number of ether oxygens (including phenoxy) is 3. The third-order valence-electron chi connectivity index (χ3n) is 6.89. The topological polar surface area (TPSA) is 56.8 Å². The second kappa shape index (κ2) is 11.0. The van der Waals surface area contributed by atoms with Crippen LogP contribution in [0.3, 0.4) is 0 Å². The van der Waals surface area contributed by atoms with Gasteiger partial charge in [0.1, 0.15) is 6.61 Å². The summed E-state index contributed by atoms with van der Waals surface area (Å²) in [5.41, 5.74) is 4.34. The van der Waals surface area contributed by atoms with Crippen molar-refractivity contribution in [3.8, 4) is 11.5 Å². The Morgan fingerprint density at radius 3 is 2.76 bits per heavy atom. The Morgan fingerprint density at radius 2 is 2.00 bits per heavy atom. The van der Waals surface area contributed by atoms with E-state index in [4.69, 9.17) is 37.4 Å². The summed E-state index contributed by atoms with van der Waals surface area (Å²) in [6.45, 7) is 2.40. The van der Waals surface area contributed by atoms with Crippen LogP contribution in [0.5, 0.6) is 11.5 Å². The van der Waals surface area contributed by atoms with E-state index in [1.54, 1.807) is 19.2 Å². The summed E-state index contributed by atoms with van der Waals surface area (Å²) in [5.74, 6) is 1.35. The Bertz CT molecular complexity index is 1380. The van der Waals surface area contributed by atoms with Crippen LogP contribution in [0.2, 0.25) is 10.0 Å². The Hall–Kier alpha value is -2.67. The number of nitrogens with one attached hydrogen (secondary N) is 1. The molecule has 5 nitrogen and oxygen atoms in total. The first kappa shape index (κ1) is 26.0. The number of anilines is 1. The number of para-hydroxylation sites is 1. The minimum absolute atomic E-state index is 0.0481. The Labute approximate surface area is 234 Å². The maximum absolute atomic E-state index is 12.7. The number of methoxy groups -OCH3 is 1. The zero-order valence-electron chi connectivity index (χ0n) is 20.4. The fraction of sp³-hybridized carbons (Fsp3) is 0.276. The Kier molecular flexibility index (Phi) is 7.70. The fourth-order valence-electron chi connectivity index (χ4n) is 5.18. The summed E-state index contributed by atoms with van der Waals surface area (Å²) in [6, 6.07) is 15.1. The van der Waals surface area contributed by atoms with Crippen molar-refractivity contribution in [1.29, 1.82) is 0 Å². The molecule has 192 valence electrons. The molecule has 2 aliphatic rings. The number of hydrogen-bond donors (Lipinski definition) is 1. The molecule has 0 radical (unpaired) electrons. The van der Waals surface area contributed by atoms with Crippen LogP contribution in [0.1, 0.15) is 52.4 Å². The van der Waals surface area contributed by atoms with Gasteiger partial charge in [-0.05, 0) is 76.7 Å². The molecular formula is C29H26BrCl2NO4.